The number of nitriles is 1. The summed E-state index contributed by atoms with van der Waals surface area (Å²) in [4.78, 5) is 14.4. The second kappa shape index (κ2) is 6.06. The summed E-state index contributed by atoms with van der Waals surface area (Å²) in [5.41, 5.74) is 0.592. The summed E-state index contributed by atoms with van der Waals surface area (Å²) in [7, 11) is 0. The van der Waals surface area contributed by atoms with E-state index in [0.717, 1.165) is 31.6 Å². The van der Waals surface area contributed by atoms with E-state index in [0.29, 0.717) is 0 Å². The minimum Gasteiger partial charge on any atom is -0.325 e. The quantitative estimate of drug-likeness (QED) is 0.919. The standard InChI is InChI=1S/C16H21N3O/c1-13(15(20)18-14-6-4-3-5-7-14)19-10-8-16(2,12-17)9-11-19/h3-7,13H,8-11H2,1-2H3,(H,18,20). The Morgan fingerprint density at radius 2 is 1.95 bits per heavy atom. The number of likely N-dealkylation sites (tertiary alicyclic amines) is 1. The molecule has 1 saturated heterocycles. The van der Waals surface area contributed by atoms with E-state index in [1.54, 1.807) is 0 Å². The number of amides is 1. The van der Waals surface area contributed by atoms with Gasteiger partial charge in [0, 0.05) is 18.8 Å². The average Bonchev–Trinajstić information content (AvgIpc) is 2.48. The molecule has 1 aliphatic heterocycles. The number of nitrogens with one attached hydrogen (secondary N) is 1. The number of rotatable bonds is 3. The number of benzene rings is 1. The zero-order chi connectivity index (χ0) is 14.6. The average molecular weight is 271 g/mol. The van der Waals surface area contributed by atoms with Crippen molar-refractivity contribution in [3.63, 3.8) is 0 Å². The van der Waals surface area contributed by atoms with Crippen LogP contribution in [0.1, 0.15) is 26.7 Å². The molecule has 1 aliphatic rings. The van der Waals surface area contributed by atoms with Crippen LogP contribution in [0.2, 0.25) is 0 Å². The van der Waals surface area contributed by atoms with E-state index >= 15 is 0 Å². The lowest BCUT2D eigenvalue weighted by atomic mass is 9.81. The molecule has 2 rings (SSSR count). The zero-order valence-corrected chi connectivity index (χ0v) is 12.1. The molecule has 1 amide bonds. The summed E-state index contributed by atoms with van der Waals surface area (Å²) >= 11 is 0. The molecule has 1 aromatic rings. The molecule has 4 heteroatoms. The van der Waals surface area contributed by atoms with Crippen LogP contribution in [0.3, 0.4) is 0 Å². The maximum absolute atomic E-state index is 12.2. The third kappa shape index (κ3) is 3.37. The smallest absolute Gasteiger partial charge is 0.241 e. The van der Waals surface area contributed by atoms with Gasteiger partial charge in [0.2, 0.25) is 5.91 Å². The minimum atomic E-state index is -0.230. The number of anilines is 1. The second-order valence-corrected chi connectivity index (χ2v) is 5.74. The Morgan fingerprint density at radius 1 is 1.35 bits per heavy atom. The molecule has 106 valence electrons. The molecular formula is C16H21N3O. The van der Waals surface area contributed by atoms with E-state index in [9.17, 15) is 4.79 Å². The van der Waals surface area contributed by atoms with Crippen molar-refractivity contribution in [2.75, 3.05) is 18.4 Å². The summed E-state index contributed by atoms with van der Waals surface area (Å²) in [6.07, 6.45) is 1.65. The first-order chi connectivity index (χ1) is 9.54. The highest BCUT2D eigenvalue weighted by Gasteiger charge is 2.33. The molecule has 0 spiro atoms. The van der Waals surface area contributed by atoms with Gasteiger partial charge in [-0.3, -0.25) is 9.69 Å². The third-order valence-electron chi connectivity index (χ3n) is 4.14. The van der Waals surface area contributed by atoms with E-state index in [1.165, 1.54) is 0 Å². The fourth-order valence-corrected chi connectivity index (χ4v) is 2.45. The fraction of sp³-hybridized carbons (Fsp3) is 0.500. The topological polar surface area (TPSA) is 56.1 Å². The van der Waals surface area contributed by atoms with Gasteiger partial charge in [-0.05, 0) is 38.8 Å². The molecule has 1 unspecified atom stereocenters. The Hall–Kier alpha value is -1.86. The summed E-state index contributed by atoms with van der Waals surface area (Å²) in [5.74, 6) is 0.0109. The lowest BCUT2D eigenvalue weighted by Gasteiger charge is -2.37. The van der Waals surface area contributed by atoms with Gasteiger partial charge in [0.1, 0.15) is 0 Å². The summed E-state index contributed by atoms with van der Waals surface area (Å²) in [6.45, 7) is 5.52. The van der Waals surface area contributed by atoms with Crippen LogP contribution < -0.4 is 5.32 Å². The predicted octanol–water partition coefficient (Wildman–Crippen LogP) is 2.64. The Balaban J connectivity index is 1.91. The highest BCUT2D eigenvalue weighted by atomic mass is 16.2. The fourth-order valence-electron chi connectivity index (χ4n) is 2.45. The van der Waals surface area contributed by atoms with E-state index in [-0.39, 0.29) is 17.4 Å². The van der Waals surface area contributed by atoms with Gasteiger partial charge in [-0.1, -0.05) is 18.2 Å². The van der Waals surface area contributed by atoms with Crippen LogP contribution in [0.15, 0.2) is 30.3 Å². The van der Waals surface area contributed by atoms with Crippen molar-refractivity contribution in [1.82, 2.24) is 4.90 Å². The Bertz CT molecular complexity index is 498. The lowest BCUT2D eigenvalue weighted by Crippen LogP contribution is -2.47. The largest absolute Gasteiger partial charge is 0.325 e. The summed E-state index contributed by atoms with van der Waals surface area (Å²) in [5, 5.41) is 12.1. The Morgan fingerprint density at radius 3 is 2.50 bits per heavy atom. The van der Waals surface area contributed by atoms with Crippen molar-refractivity contribution in [1.29, 1.82) is 5.26 Å². The molecule has 0 aromatic heterocycles. The highest BCUT2D eigenvalue weighted by Crippen LogP contribution is 2.30. The van der Waals surface area contributed by atoms with Crippen LogP contribution in [0.4, 0.5) is 5.69 Å². The molecule has 1 atom stereocenters. The van der Waals surface area contributed by atoms with Crippen LogP contribution in [-0.4, -0.2) is 29.9 Å². The first kappa shape index (κ1) is 14.5. The number of piperidine rings is 1. The SMILES string of the molecule is CC(C(=O)Nc1ccccc1)N1CCC(C)(C#N)CC1. The predicted molar refractivity (Wildman–Crippen MR) is 79.1 cm³/mol. The van der Waals surface area contributed by atoms with Gasteiger partial charge in [-0.15, -0.1) is 0 Å². The van der Waals surface area contributed by atoms with Crippen molar-refractivity contribution in [3.05, 3.63) is 30.3 Å². The lowest BCUT2D eigenvalue weighted by molar-refractivity contribution is -0.121. The summed E-state index contributed by atoms with van der Waals surface area (Å²) < 4.78 is 0. The maximum Gasteiger partial charge on any atom is 0.241 e. The number of hydrogen-bond donors (Lipinski definition) is 1. The summed E-state index contributed by atoms with van der Waals surface area (Å²) in [6, 6.07) is 11.7. The van der Waals surface area contributed by atoms with Crippen molar-refractivity contribution in [2.45, 2.75) is 32.7 Å². The Kier molecular flexibility index (Phi) is 4.41. The molecule has 1 aromatic carbocycles. The number of para-hydroxylation sites is 1. The number of carbonyl (C=O) groups is 1. The molecule has 1 fully saturated rings. The van der Waals surface area contributed by atoms with Crippen LogP contribution in [0.25, 0.3) is 0 Å². The molecule has 0 saturated carbocycles. The first-order valence-corrected chi connectivity index (χ1v) is 7.05. The first-order valence-electron chi connectivity index (χ1n) is 7.05. The van der Waals surface area contributed by atoms with E-state index < -0.39 is 0 Å². The van der Waals surface area contributed by atoms with Crippen LogP contribution >= 0.6 is 0 Å². The zero-order valence-electron chi connectivity index (χ0n) is 12.1. The second-order valence-electron chi connectivity index (χ2n) is 5.74. The number of carbonyl (C=O) groups excluding carboxylic acids is 1. The number of nitrogens with zero attached hydrogens (tertiary/aromatic N) is 2. The molecule has 0 bridgehead atoms. The molecular weight excluding hydrogens is 250 g/mol. The normalized spacial score (nSPS) is 19.9. The van der Waals surface area contributed by atoms with E-state index in [4.69, 9.17) is 5.26 Å². The highest BCUT2D eigenvalue weighted by molar-refractivity contribution is 5.94. The molecule has 20 heavy (non-hydrogen) atoms. The van der Waals surface area contributed by atoms with Crippen LogP contribution in [-0.2, 0) is 4.79 Å². The molecule has 1 heterocycles. The molecule has 4 nitrogen and oxygen atoms in total. The van der Waals surface area contributed by atoms with Gasteiger partial charge in [0.25, 0.3) is 0 Å². The van der Waals surface area contributed by atoms with Gasteiger partial charge < -0.3 is 5.32 Å². The van der Waals surface area contributed by atoms with Gasteiger partial charge in [0.05, 0.1) is 17.5 Å². The van der Waals surface area contributed by atoms with E-state index in [1.807, 2.05) is 44.2 Å². The number of hydrogen-bond acceptors (Lipinski definition) is 3. The van der Waals surface area contributed by atoms with Crippen LogP contribution in [0, 0.1) is 16.7 Å². The maximum atomic E-state index is 12.2. The monoisotopic (exact) mass is 271 g/mol. The van der Waals surface area contributed by atoms with Crippen molar-refractivity contribution in [2.24, 2.45) is 5.41 Å². The van der Waals surface area contributed by atoms with Crippen molar-refractivity contribution < 1.29 is 4.79 Å². The van der Waals surface area contributed by atoms with Gasteiger partial charge in [0.15, 0.2) is 0 Å². The van der Waals surface area contributed by atoms with E-state index in [2.05, 4.69) is 16.3 Å². The van der Waals surface area contributed by atoms with Crippen molar-refractivity contribution >= 4 is 11.6 Å². The van der Waals surface area contributed by atoms with Gasteiger partial charge in [-0.2, -0.15) is 5.26 Å². The van der Waals surface area contributed by atoms with Crippen LogP contribution in [0.5, 0.6) is 0 Å². The minimum absolute atomic E-state index is 0.0109. The Labute approximate surface area is 120 Å². The molecule has 1 N–H and O–H groups in total. The molecule has 0 aliphatic carbocycles. The van der Waals surface area contributed by atoms with Gasteiger partial charge >= 0.3 is 0 Å². The van der Waals surface area contributed by atoms with Crippen molar-refractivity contribution in [3.8, 4) is 6.07 Å². The third-order valence-corrected chi connectivity index (χ3v) is 4.14. The van der Waals surface area contributed by atoms with Gasteiger partial charge in [-0.25, -0.2) is 0 Å². The molecule has 0 radical (unpaired) electrons.